The fourth-order valence-electron chi connectivity index (χ4n) is 2.64. The molecule has 1 fully saturated rings. The molecule has 0 amide bonds. The highest BCUT2D eigenvalue weighted by atomic mass is 14.6. The number of aryl methyl sites for hydroxylation is 1. The molecule has 0 aliphatic heterocycles. The van der Waals surface area contributed by atoms with Gasteiger partial charge in [-0.15, -0.1) is 0 Å². The molecule has 0 spiro atoms. The van der Waals surface area contributed by atoms with Crippen molar-refractivity contribution in [3.63, 3.8) is 0 Å². The minimum atomic E-state index is 0.202. The second-order valence-electron chi connectivity index (χ2n) is 5.30. The number of rotatable bonds is 3. The Bertz CT molecular complexity index is 540. The molecule has 1 unspecified atom stereocenters. The average Bonchev–Trinajstić information content (AvgIpc) is 3.14. The summed E-state index contributed by atoms with van der Waals surface area (Å²) in [6.07, 6.45) is 3.89. The standard InChI is InChI=1S/C16H19N/c1-11-6-9-15(16(17)10-12-7-8-12)14-5-3-2-4-13(11)14/h2-6,9,12,16H,7-8,10,17H2,1H3. The highest BCUT2D eigenvalue weighted by Crippen LogP contribution is 2.38. The van der Waals surface area contributed by atoms with Crippen molar-refractivity contribution in [2.45, 2.75) is 32.2 Å². The Morgan fingerprint density at radius 1 is 1.12 bits per heavy atom. The molecule has 0 saturated heterocycles. The maximum absolute atomic E-state index is 6.35. The van der Waals surface area contributed by atoms with Crippen LogP contribution in [0.2, 0.25) is 0 Å². The van der Waals surface area contributed by atoms with E-state index in [1.807, 2.05) is 0 Å². The monoisotopic (exact) mass is 225 g/mol. The van der Waals surface area contributed by atoms with Crippen molar-refractivity contribution in [2.75, 3.05) is 0 Å². The molecule has 1 heteroatoms. The zero-order valence-corrected chi connectivity index (χ0v) is 10.3. The van der Waals surface area contributed by atoms with Gasteiger partial charge < -0.3 is 5.73 Å². The minimum Gasteiger partial charge on any atom is -0.324 e. The van der Waals surface area contributed by atoms with Gasteiger partial charge in [-0.3, -0.25) is 0 Å². The quantitative estimate of drug-likeness (QED) is 0.841. The molecule has 0 heterocycles. The zero-order chi connectivity index (χ0) is 11.8. The summed E-state index contributed by atoms with van der Waals surface area (Å²) in [5, 5.41) is 2.68. The van der Waals surface area contributed by atoms with Crippen molar-refractivity contribution in [2.24, 2.45) is 11.7 Å². The van der Waals surface area contributed by atoms with Gasteiger partial charge in [0.2, 0.25) is 0 Å². The van der Waals surface area contributed by atoms with Gasteiger partial charge in [0.25, 0.3) is 0 Å². The van der Waals surface area contributed by atoms with E-state index in [4.69, 9.17) is 5.73 Å². The van der Waals surface area contributed by atoms with Crippen molar-refractivity contribution in [1.29, 1.82) is 0 Å². The summed E-state index contributed by atoms with van der Waals surface area (Å²) >= 11 is 0. The van der Waals surface area contributed by atoms with E-state index in [2.05, 4.69) is 43.3 Å². The van der Waals surface area contributed by atoms with Crippen LogP contribution in [0.25, 0.3) is 10.8 Å². The topological polar surface area (TPSA) is 26.0 Å². The summed E-state index contributed by atoms with van der Waals surface area (Å²) in [7, 11) is 0. The Morgan fingerprint density at radius 2 is 1.82 bits per heavy atom. The molecule has 0 bridgehead atoms. The molecule has 88 valence electrons. The molecule has 3 rings (SSSR count). The van der Waals surface area contributed by atoms with Gasteiger partial charge in [0.15, 0.2) is 0 Å². The molecule has 1 nitrogen and oxygen atoms in total. The molecule has 17 heavy (non-hydrogen) atoms. The number of fused-ring (bicyclic) bond motifs is 1. The molecule has 0 radical (unpaired) electrons. The van der Waals surface area contributed by atoms with Crippen LogP contribution in [0.15, 0.2) is 36.4 Å². The Hall–Kier alpha value is -1.34. The van der Waals surface area contributed by atoms with E-state index < -0.39 is 0 Å². The van der Waals surface area contributed by atoms with Crippen molar-refractivity contribution in [3.05, 3.63) is 47.5 Å². The van der Waals surface area contributed by atoms with Crippen LogP contribution in [0.4, 0.5) is 0 Å². The molecule has 0 aromatic heterocycles. The van der Waals surface area contributed by atoms with Gasteiger partial charge in [0.1, 0.15) is 0 Å². The van der Waals surface area contributed by atoms with Crippen LogP contribution in [-0.4, -0.2) is 0 Å². The summed E-state index contributed by atoms with van der Waals surface area (Å²) in [5.74, 6) is 0.880. The van der Waals surface area contributed by atoms with Crippen LogP contribution in [0.5, 0.6) is 0 Å². The first-order valence-electron chi connectivity index (χ1n) is 6.49. The van der Waals surface area contributed by atoms with Gasteiger partial charge >= 0.3 is 0 Å². The van der Waals surface area contributed by atoms with Crippen LogP contribution >= 0.6 is 0 Å². The predicted octanol–water partition coefficient (Wildman–Crippen LogP) is 3.95. The first-order chi connectivity index (χ1) is 8.25. The van der Waals surface area contributed by atoms with E-state index in [9.17, 15) is 0 Å². The minimum absolute atomic E-state index is 0.202. The van der Waals surface area contributed by atoms with Crippen molar-refractivity contribution in [1.82, 2.24) is 0 Å². The predicted molar refractivity (Wildman–Crippen MR) is 73.0 cm³/mol. The van der Waals surface area contributed by atoms with E-state index in [0.717, 1.165) is 12.3 Å². The third kappa shape index (κ3) is 2.07. The van der Waals surface area contributed by atoms with Gasteiger partial charge in [0.05, 0.1) is 0 Å². The summed E-state index contributed by atoms with van der Waals surface area (Å²) in [5.41, 5.74) is 9.01. The normalized spacial score (nSPS) is 17.3. The van der Waals surface area contributed by atoms with Gasteiger partial charge in [-0.1, -0.05) is 49.2 Å². The van der Waals surface area contributed by atoms with Crippen molar-refractivity contribution < 1.29 is 0 Å². The van der Waals surface area contributed by atoms with Crippen LogP contribution in [-0.2, 0) is 0 Å². The smallest absolute Gasteiger partial charge is 0.0303 e. The molecular weight excluding hydrogens is 206 g/mol. The van der Waals surface area contributed by atoms with Gasteiger partial charge in [-0.05, 0) is 41.2 Å². The van der Waals surface area contributed by atoms with E-state index in [0.29, 0.717) is 0 Å². The first-order valence-corrected chi connectivity index (χ1v) is 6.49. The molecule has 1 atom stereocenters. The van der Waals surface area contributed by atoms with E-state index in [1.54, 1.807) is 0 Å². The number of hydrogen-bond donors (Lipinski definition) is 1. The molecular formula is C16H19N. The lowest BCUT2D eigenvalue weighted by Gasteiger charge is -2.15. The first kappa shape index (κ1) is 10.8. The van der Waals surface area contributed by atoms with Gasteiger partial charge in [-0.25, -0.2) is 0 Å². The van der Waals surface area contributed by atoms with Crippen LogP contribution in [0.3, 0.4) is 0 Å². The van der Waals surface area contributed by atoms with Crippen LogP contribution in [0.1, 0.15) is 36.4 Å². The lowest BCUT2D eigenvalue weighted by molar-refractivity contribution is 0.600. The van der Waals surface area contributed by atoms with Crippen molar-refractivity contribution >= 4 is 10.8 Å². The van der Waals surface area contributed by atoms with Crippen molar-refractivity contribution in [3.8, 4) is 0 Å². The van der Waals surface area contributed by atoms with E-state index >= 15 is 0 Å². The SMILES string of the molecule is Cc1ccc(C(N)CC2CC2)c2ccccc12. The lowest BCUT2D eigenvalue weighted by Crippen LogP contribution is -2.11. The van der Waals surface area contributed by atoms with E-state index in [-0.39, 0.29) is 6.04 Å². The molecule has 2 aromatic rings. The van der Waals surface area contributed by atoms with Crippen LogP contribution in [0, 0.1) is 12.8 Å². The Kier molecular flexibility index (Phi) is 2.64. The number of nitrogens with two attached hydrogens (primary N) is 1. The molecule has 1 saturated carbocycles. The lowest BCUT2D eigenvalue weighted by atomic mass is 9.94. The fraction of sp³-hybridized carbons (Fsp3) is 0.375. The van der Waals surface area contributed by atoms with Crippen LogP contribution < -0.4 is 5.73 Å². The van der Waals surface area contributed by atoms with E-state index in [1.165, 1.54) is 34.7 Å². The second kappa shape index (κ2) is 4.15. The third-order valence-electron chi connectivity index (χ3n) is 3.86. The fourth-order valence-corrected chi connectivity index (χ4v) is 2.64. The number of benzene rings is 2. The highest BCUT2D eigenvalue weighted by molar-refractivity contribution is 5.88. The second-order valence-corrected chi connectivity index (χ2v) is 5.30. The molecule has 1 aliphatic rings. The Labute approximate surface area is 103 Å². The molecule has 2 N–H and O–H groups in total. The molecule has 2 aromatic carbocycles. The Balaban J connectivity index is 2.05. The summed E-state index contributed by atoms with van der Waals surface area (Å²) < 4.78 is 0. The summed E-state index contributed by atoms with van der Waals surface area (Å²) in [6, 6.07) is 13.2. The Morgan fingerprint density at radius 3 is 2.53 bits per heavy atom. The van der Waals surface area contributed by atoms with Gasteiger partial charge in [-0.2, -0.15) is 0 Å². The number of hydrogen-bond acceptors (Lipinski definition) is 1. The largest absolute Gasteiger partial charge is 0.324 e. The van der Waals surface area contributed by atoms with Gasteiger partial charge in [0, 0.05) is 6.04 Å². The zero-order valence-electron chi connectivity index (χ0n) is 10.3. The maximum Gasteiger partial charge on any atom is 0.0303 e. The molecule has 1 aliphatic carbocycles. The third-order valence-corrected chi connectivity index (χ3v) is 3.86. The summed E-state index contributed by atoms with van der Waals surface area (Å²) in [4.78, 5) is 0. The average molecular weight is 225 g/mol. The highest BCUT2D eigenvalue weighted by Gasteiger charge is 2.25. The summed E-state index contributed by atoms with van der Waals surface area (Å²) in [6.45, 7) is 2.17. The maximum atomic E-state index is 6.35.